The Kier molecular flexibility index (Phi) is 5.23. The van der Waals surface area contributed by atoms with Gasteiger partial charge in [-0.1, -0.05) is 6.07 Å². The summed E-state index contributed by atoms with van der Waals surface area (Å²) >= 11 is 0. The van der Waals surface area contributed by atoms with E-state index in [1.54, 1.807) is 6.07 Å². The summed E-state index contributed by atoms with van der Waals surface area (Å²) in [7, 11) is 0. The van der Waals surface area contributed by atoms with Gasteiger partial charge in [-0.15, -0.1) is 0 Å². The monoisotopic (exact) mass is 432 g/mol. The second-order valence-electron chi connectivity index (χ2n) is 7.96. The average molecular weight is 432 g/mol. The number of hydrogen-bond donors (Lipinski definition) is 1. The number of nitrogens with zero attached hydrogens (tertiary/aromatic N) is 3. The summed E-state index contributed by atoms with van der Waals surface area (Å²) in [6.45, 7) is 1.85. The Labute approximate surface area is 184 Å². The molecule has 1 saturated heterocycles. The number of aromatic nitrogens is 1. The molecule has 0 radical (unpaired) electrons. The zero-order valence-corrected chi connectivity index (χ0v) is 17.3. The normalized spacial score (nSPS) is 15.6. The van der Waals surface area contributed by atoms with E-state index in [0.29, 0.717) is 66.1 Å². The van der Waals surface area contributed by atoms with Crippen molar-refractivity contribution in [2.75, 3.05) is 24.8 Å². The number of carbonyl (C=O) groups is 1. The number of anilines is 1. The molecule has 8 heteroatoms. The lowest BCUT2D eigenvalue weighted by molar-refractivity contribution is -0.125. The predicted molar refractivity (Wildman–Crippen MR) is 116 cm³/mol. The lowest BCUT2D eigenvalue weighted by Gasteiger charge is -2.34. The van der Waals surface area contributed by atoms with Crippen molar-refractivity contribution in [2.24, 2.45) is 5.92 Å². The van der Waals surface area contributed by atoms with Crippen molar-refractivity contribution in [1.82, 2.24) is 10.3 Å². The van der Waals surface area contributed by atoms with Crippen molar-refractivity contribution >= 4 is 22.5 Å². The second kappa shape index (κ2) is 8.35. The minimum atomic E-state index is -0.367. The van der Waals surface area contributed by atoms with E-state index in [4.69, 9.17) is 9.47 Å². The van der Waals surface area contributed by atoms with Gasteiger partial charge in [-0.2, -0.15) is 5.26 Å². The summed E-state index contributed by atoms with van der Waals surface area (Å²) in [5, 5.41) is 13.2. The second-order valence-corrected chi connectivity index (χ2v) is 7.96. The molecule has 7 nitrogen and oxygen atoms in total. The number of nitrogens with one attached hydrogen (secondary N) is 1. The highest BCUT2D eigenvalue weighted by molar-refractivity contribution is 5.94. The Balaban J connectivity index is 1.25. The van der Waals surface area contributed by atoms with Crippen LogP contribution in [0.1, 0.15) is 24.0 Å². The molecule has 1 amide bonds. The van der Waals surface area contributed by atoms with Crippen LogP contribution in [0, 0.1) is 23.1 Å². The van der Waals surface area contributed by atoms with Crippen molar-refractivity contribution < 1.29 is 18.7 Å². The molecule has 3 aromatic rings. The topological polar surface area (TPSA) is 87.5 Å². The Bertz CT molecular complexity index is 1230. The predicted octanol–water partition coefficient (Wildman–Crippen LogP) is 3.51. The third-order valence-corrected chi connectivity index (χ3v) is 6.01. The van der Waals surface area contributed by atoms with Gasteiger partial charge in [0.2, 0.25) is 12.7 Å². The van der Waals surface area contributed by atoms with E-state index in [2.05, 4.69) is 21.3 Å². The van der Waals surface area contributed by atoms with Gasteiger partial charge in [-0.25, -0.2) is 4.39 Å². The first kappa shape index (κ1) is 20.1. The minimum Gasteiger partial charge on any atom is -0.454 e. The number of rotatable bonds is 4. The maximum atomic E-state index is 13.9. The molecule has 0 bridgehead atoms. The highest BCUT2D eigenvalue weighted by Crippen LogP contribution is 2.34. The van der Waals surface area contributed by atoms with E-state index in [0.717, 1.165) is 5.56 Å². The van der Waals surface area contributed by atoms with Crippen LogP contribution in [-0.2, 0) is 11.3 Å². The van der Waals surface area contributed by atoms with E-state index in [-0.39, 0.29) is 24.4 Å². The first-order valence-corrected chi connectivity index (χ1v) is 10.5. The number of carbonyl (C=O) groups excluding carboxylic acids is 1. The molecule has 5 rings (SSSR count). The average Bonchev–Trinajstić information content (AvgIpc) is 3.30. The number of ether oxygens (including phenoxy) is 2. The third-order valence-electron chi connectivity index (χ3n) is 6.01. The summed E-state index contributed by atoms with van der Waals surface area (Å²) in [5.41, 5.74) is 2.69. The van der Waals surface area contributed by atoms with Crippen molar-refractivity contribution in [2.45, 2.75) is 19.4 Å². The zero-order chi connectivity index (χ0) is 22.1. The number of halogens is 1. The smallest absolute Gasteiger partial charge is 0.231 e. The fraction of sp³-hybridized carbons (Fsp3) is 0.292. The molecule has 0 atom stereocenters. The summed E-state index contributed by atoms with van der Waals surface area (Å²) in [6, 6.07) is 12.2. The van der Waals surface area contributed by atoms with Gasteiger partial charge in [0.1, 0.15) is 11.9 Å². The largest absolute Gasteiger partial charge is 0.454 e. The molecule has 0 spiro atoms. The number of piperidine rings is 1. The number of nitriles is 1. The number of fused-ring (bicyclic) bond motifs is 2. The number of amides is 1. The van der Waals surface area contributed by atoms with E-state index < -0.39 is 0 Å². The molecule has 162 valence electrons. The fourth-order valence-electron chi connectivity index (χ4n) is 4.32. The van der Waals surface area contributed by atoms with Gasteiger partial charge in [0.15, 0.2) is 11.5 Å². The van der Waals surface area contributed by atoms with Crippen molar-refractivity contribution in [1.29, 1.82) is 5.26 Å². The van der Waals surface area contributed by atoms with E-state index in [9.17, 15) is 14.4 Å². The highest BCUT2D eigenvalue weighted by atomic mass is 19.1. The summed E-state index contributed by atoms with van der Waals surface area (Å²) < 4.78 is 24.6. The Hall–Kier alpha value is -3.86. The SMILES string of the molecule is N#Cc1cnc2ccc(F)cc2c1N1CCC(C(=O)NCc2ccc3c(c2)OCO3)CC1. The quantitative estimate of drug-likeness (QED) is 0.679. The number of benzene rings is 2. The Morgan fingerprint density at radius 1 is 1.19 bits per heavy atom. The summed E-state index contributed by atoms with van der Waals surface area (Å²) in [6.07, 6.45) is 2.83. The standard InChI is InChI=1S/C24H21FN4O3/c25-18-2-3-20-19(10-18)23(17(11-26)13-27-20)29-7-5-16(6-8-29)24(30)28-12-15-1-4-21-22(9-15)32-14-31-21/h1-4,9-10,13,16H,5-8,12,14H2,(H,28,30). The van der Waals surface area contributed by atoms with Gasteiger partial charge in [-0.05, 0) is 48.7 Å². The van der Waals surface area contributed by atoms with Crippen molar-refractivity contribution in [3.05, 3.63) is 59.5 Å². The Morgan fingerprint density at radius 3 is 2.81 bits per heavy atom. The summed E-state index contributed by atoms with van der Waals surface area (Å²) in [4.78, 5) is 19.1. The molecule has 2 aromatic carbocycles. The minimum absolute atomic E-state index is 0.00783. The number of pyridine rings is 1. The molecule has 0 unspecified atom stereocenters. The highest BCUT2D eigenvalue weighted by Gasteiger charge is 2.27. The van der Waals surface area contributed by atoms with Crippen LogP contribution in [0.2, 0.25) is 0 Å². The van der Waals surface area contributed by atoms with Gasteiger partial charge in [0.25, 0.3) is 0 Å². The van der Waals surface area contributed by atoms with Gasteiger partial charge >= 0.3 is 0 Å². The van der Waals surface area contributed by atoms with E-state index in [1.807, 2.05) is 18.2 Å². The van der Waals surface area contributed by atoms with Gasteiger partial charge in [0.05, 0.1) is 16.8 Å². The lowest BCUT2D eigenvalue weighted by atomic mass is 9.94. The van der Waals surface area contributed by atoms with Crippen LogP contribution in [0.3, 0.4) is 0 Å². The molecule has 0 saturated carbocycles. The Morgan fingerprint density at radius 2 is 2.00 bits per heavy atom. The molecule has 1 N–H and O–H groups in total. The molecule has 1 fully saturated rings. The first-order valence-electron chi connectivity index (χ1n) is 10.5. The first-order chi connectivity index (χ1) is 15.6. The molecule has 2 aliphatic rings. The van der Waals surface area contributed by atoms with Crippen LogP contribution in [-0.4, -0.2) is 30.8 Å². The number of hydrogen-bond acceptors (Lipinski definition) is 6. The van der Waals surface area contributed by atoms with Crippen LogP contribution < -0.4 is 19.7 Å². The molecule has 3 heterocycles. The summed E-state index contributed by atoms with van der Waals surface area (Å²) in [5.74, 6) is 0.935. The lowest BCUT2D eigenvalue weighted by Crippen LogP contribution is -2.40. The molecule has 32 heavy (non-hydrogen) atoms. The van der Waals surface area contributed by atoms with Crippen LogP contribution >= 0.6 is 0 Å². The molecule has 1 aromatic heterocycles. The maximum Gasteiger partial charge on any atom is 0.231 e. The van der Waals surface area contributed by atoms with Crippen LogP contribution in [0.15, 0.2) is 42.6 Å². The third kappa shape index (κ3) is 3.78. The van der Waals surface area contributed by atoms with Crippen molar-refractivity contribution in [3.8, 4) is 17.6 Å². The molecular formula is C24H21FN4O3. The molecular weight excluding hydrogens is 411 g/mol. The van der Waals surface area contributed by atoms with Gasteiger partial charge in [-0.3, -0.25) is 9.78 Å². The van der Waals surface area contributed by atoms with Crippen molar-refractivity contribution in [3.63, 3.8) is 0 Å². The van der Waals surface area contributed by atoms with Crippen LogP contribution in [0.4, 0.5) is 10.1 Å². The van der Waals surface area contributed by atoms with E-state index in [1.165, 1.54) is 18.3 Å². The van der Waals surface area contributed by atoms with Gasteiger partial charge in [0, 0.05) is 37.1 Å². The zero-order valence-electron chi connectivity index (χ0n) is 17.3. The maximum absolute atomic E-state index is 13.9. The fourth-order valence-corrected chi connectivity index (χ4v) is 4.32. The van der Waals surface area contributed by atoms with E-state index >= 15 is 0 Å². The molecule has 2 aliphatic heterocycles. The van der Waals surface area contributed by atoms with Gasteiger partial charge < -0.3 is 19.7 Å². The van der Waals surface area contributed by atoms with Crippen LogP contribution in [0.5, 0.6) is 11.5 Å². The molecule has 0 aliphatic carbocycles. The van der Waals surface area contributed by atoms with Crippen LogP contribution in [0.25, 0.3) is 10.9 Å².